The van der Waals surface area contributed by atoms with Gasteiger partial charge in [-0.2, -0.15) is 8.78 Å². The predicted molar refractivity (Wildman–Crippen MR) is 94.7 cm³/mol. The molecule has 1 aliphatic carbocycles. The molecular formula is C18H18F2N2O3S. The van der Waals surface area contributed by atoms with Gasteiger partial charge in [0.1, 0.15) is 5.75 Å². The molecule has 0 atom stereocenters. The molecule has 2 N–H and O–H groups in total. The van der Waals surface area contributed by atoms with E-state index in [0.717, 1.165) is 24.0 Å². The van der Waals surface area contributed by atoms with Gasteiger partial charge in [-0.1, -0.05) is 12.1 Å². The Bertz CT molecular complexity index is 801. The van der Waals surface area contributed by atoms with E-state index >= 15 is 0 Å². The molecular weight excluding hydrogens is 362 g/mol. The minimum atomic E-state index is -2.86. The topological polar surface area (TPSA) is 67.4 Å². The highest BCUT2D eigenvalue weighted by molar-refractivity contribution is 7.18. The quantitative estimate of drug-likeness (QED) is 0.765. The Morgan fingerprint density at radius 1 is 1.27 bits per heavy atom. The zero-order valence-electron chi connectivity index (χ0n) is 14.1. The third kappa shape index (κ3) is 4.78. The third-order valence-electron chi connectivity index (χ3n) is 3.92. The van der Waals surface area contributed by atoms with Gasteiger partial charge in [0.05, 0.1) is 9.88 Å². The largest absolute Gasteiger partial charge is 0.435 e. The number of anilines is 1. The van der Waals surface area contributed by atoms with Crippen LogP contribution in [-0.2, 0) is 11.3 Å². The first-order chi connectivity index (χ1) is 12.4. The second kappa shape index (κ2) is 7.82. The van der Waals surface area contributed by atoms with Crippen LogP contribution >= 0.6 is 11.3 Å². The average molecular weight is 380 g/mol. The summed E-state index contributed by atoms with van der Waals surface area (Å²) in [6.45, 7) is -0.791. The Balaban J connectivity index is 1.56. The molecule has 8 heteroatoms. The molecule has 5 nitrogen and oxygen atoms in total. The van der Waals surface area contributed by atoms with E-state index in [1.807, 2.05) is 6.92 Å². The van der Waals surface area contributed by atoms with Crippen molar-refractivity contribution in [1.82, 2.24) is 5.32 Å². The van der Waals surface area contributed by atoms with E-state index in [4.69, 9.17) is 0 Å². The van der Waals surface area contributed by atoms with E-state index in [1.54, 1.807) is 18.2 Å². The highest BCUT2D eigenvalue weighted by atomic mass is 32.1. The van der Waals surface area contributed by atoms with Crippen LogP contribution in [0.3, 0.4) is 0 Å². The fourth-order valence-corrected chi connectivity index (χ4v) is 3.38. The van der Waals surface area contributed by atoms with E-state index in [-0.39, 0.29) is 30.0 Å². The van der Waals surface area contributed by atoms with Crippen molar-refractivity contribution in [2.75, 3.05) is 5.32 Å². The lowest BCUT2D eigenvalue weighted by Crippen LogP contribution is -2.22. The van der Waals surface area contributed by atoms with Crippen molar-refractivity contribution in [3.8, 4) is 5.75 Å². The van der Waals surface area contributed by atoms with Crippen molar-refractivity contribution in [3.05, 3.63) is 46.3 Å². The Hall–Kier alpha value is -2.48. The van der Waals surface area contributed by atoms with Gasteiger partial charge < -0.3 is 15.4 Å². The molecule has 2 amide bonds. The summed E-state index contributed by atoms with van der Waals surface area (Å²) in [5, 5.41) is 6.29. The molecule has 0 spiro atoms. The van der Waals surface area contributed by atoms with E-state index in [0.29, 0.717) is 9.88 Å². The molecule has 1 aliphatic rings. The molecule has 138 valence electrons. The molecule has 0 unspecified atom stereocenters. The second-order valence-corrected chi connectivity index (χ2v) is 7.14. The maximum absolute atomic E-state index is 12.4. The molecule has 1 heterocycles. The van der Waals surface area contributed by atoms with Crippen molar-refractivity contribution >= 4 is 28.2 Å². The number of carbonyl (C=O) groups excluding carboxylic acids is 2. The van der Waals surface area contributed by atoms with Gasteiger partial charge in [-0.15, -0.1) is 11.3 Å². The Morgan fingerprint density at radius 3 is 2.58 bits per heavy atom. The molecule has 0 aliphatic heterocycles. The minimum Gasteiger partial charge on any atom is -0.435 e. The van der Waals surface area contributed by atoms with E-state index in [9.17, 15) is 18.4 Å². The number of thiophene rings is 1. The monoisotopic (exact) mass is 380 g/mol. The Kier molecular flexibility index (Phi) is 5.51. The normalized spacial score (nSPS) is 13.5. The molecule has 3 rings (SSSR count). The fourth-order valence-electron chi connectivity index (χ4n) is 2.39. The first-order valence-corrected chi connectivity index (χ1v) is 8.97. The lowest BCUT2D eigenvalue weighted by Gasteiger charge is -2.07. The Morgan fingerprint density at radius 2 is 1.96 bits per heavy atom. The van der Waals surface area contributed by atoms with Crippen LogP contribution in [0.15, 0.2) is 30.3 Å². The number of halogens is 2. The summed E-state index contributed by atoms with van der Waals surface area (Å²) in [6.07, 6.45) is 1.84. The summed E-state index contributed by atoms with van der Waals surface area (Å²) in [5.74, 6) is -0.0661. The average Bonchev–Trinajstić information content (AvgIpc) is 3.37. The highest BCUT2D eigenvalue weighted by Crippen LogP contribution is 2.32. The van der Waals surface area contributed by atoms with Crippen molar-refractivity contribution in [1.29, 1.82) is 0 Å². The first kappa shape index (κ1) is 18.3. The summed E-state index contributed by atoms with van der Waals surface area (Å²) >= 11 is 1.24. The van der Waals surface area contributed by atoms with Crippen LogP contribution in [0, 0.1) is 12.8 Å². The molecule has 1 saturated carbocycles. The summed E-state index contributed by atoms with van der Waals surface area (Å²) in [6, 6.07) is 7.86. The van der Waals surface area contributed by atoms with Gasteiger partial charge in [0.25, 0.3) is 5.91 Å². The lowest BCUT2D eigenvalue weighted by molar-refractivity contribution is -0.117. The zero-order valence-corrected chi connectivity index (χ0v) is 14.9. The van der Waals surface area contributed by atoms with Crippen LogP contribution in [-0.4, -0.2) is 18.4 Å². The number of aryl methyl sites for hydroxylation is 1. The molecule has 26 heavy (non-hydrogen) atoms. The summed E-state index contributed by atoms with van der Waals surface area (Å²) in [4.78, 5) is 24.7. The van der Waals surface area contributed by atoms with Gasteiger partial charge in [-0.3, -0.25) is 9.59 Å². The van der Waals surface area contributed by atoms with Gasteiger partial charge in [-0.25, -0.2) is 0 Å². The van der Waals surface area contributed by atoms with E-state index < -0.39 is 6.61 Å². The summed E-state index contributed by atoms with van der Waals surface area (Å²) in [7, 11) is 0. The van der Waals surface area contributed by atoms with Crippen LogP contribution in [0.5, 0.6) is 5.75 Å². The number of ether oxygens (including phenoxy) is 1. The smallest absolute Gasteiger partial charge is 0.387 e. The van der Waals surface area contributed by atoms with Gasteiger partial charge in [0.15, 0.2) is 0 Å². The van der Waals surface area contributed by atoms with Crippen LogP contribution in [0.2, 0.25) is 0 Å². The molecule has 1 fully saturated rings. The molecule has 0 bridgehead atoms. The van der Waals surface area contributed by atoms with Gasteiger partial charge in [0, 0.05) is 12.5 Å². The third-order valence-corrected chi connectivity index (χ3v) is 5.07. The molecule has 1 aromatic heterocycles. The second-order valence-electron chi connectivity index (χ2n) is 6.09. The SMILES string of the molecule is Cc1cc(NC(=O)C2CC2)sc1C(=O)NCc1ccc(OC(F)F)cc1. The van der Waals surface area contributed by atoms with Crippen molar-refractivity contribution in [3.63, 3.8) is 0 Å². The molecule has 0 saturated heterocycles. The van der Waals surface area contributed by atoms with E-state index in [2.05, 4.69) is 15.4 Å². The maximum Gasteiger partial charge on any atom is 0.387 e. The number of hydrogen-bond acceptors (Lipinski definition) is 4. The van der Waals surface area contributed by atoms with Crippen molar-refractivity contribution in [2.24, 2.45) is 5.92 Å². The number of amides is 2. The first-order valence-electron chi connectivity index (χ1n) is 8.15. The number of alkyl halides is 2. The predicted octanol–water partition coefficient (Wildman–Crippen LogP) is 3.94. The number of benzene rings is 1. The number of hydrogen-bond donors (Lipinski definition) is 2. The van der Waals surface area contributed by atoms with Gasteiger partial charge in [-0.05, 0) is 49.1 Å². The Labute approximate surface area is 153 Å². The summed E-state index contributed by atoms with van der Waals surface area (Å²) in [5.41, 5.74) is 1.55. The zero-order chi connectivity index (χ0) is 18.7. The standard InChI is InChI=1S/C18H18F2N2O3S/c1-10-8-14(22-16(23)12-4-5-12)26-15(10)17(24)21-9-11-2-6-13(7-3-11)25-18(19)20/h2-3,6-8,12,18H,4-5,9H2,1H3,(H,21,24)(H,22,23). The van der Waals surface area contributed by atoms with Crippen LogP contribution in [0.4, 0.5) is 13.8 Å². The van der Waals surface area contributed by atoms with Crippen molar-refractivity contribution in [2.45, 2.75) is 32.9 Å². The fraction of sp³-hybridized carbons (Fsp3) is 0.333. The molecule has 2 aromatic rings. The number of carbonyl (C=O) groups is 2. The van der Waals surface area contributed by atoms with E-state index in [1.165, 1.54) is 23.5 Å². The number of rotatable bonds is 7. The lowest BCUT2D eigenvalue weighted by atomic mass is 10.2. The molecule has 1 aromatic carbocycles. The van der Waals surface area contributed by atoms with Gasteiger partial charge >= 0.3 is 6.61 Å². The number of nitrogens with one attached hydrogen (secondary N) is 2. The molecule has 0 radical (unpaired) electrons. The van der Waals surface area contributed by atoms with Crippen LogP contribution in [0.25, 0.3) is 0 Å². The summed E-state index contributed by atoms with van der Waals surface area (Å²) < 4.78 is 28.5. The minimum absolute atomic E-state index is 0.00399. The van der Waals surface area contributed by atoms with Crippen molar-refractivity contribution < 1.29 is 23.1 Å². The maximum atomic E-state index is 12.4. The van der Waals surface area contributed by atoms with Crippen LogP contribution in [0.1, 0.15) is 33.6 Å². The van der Waals surface area contributed by atoms with Crippen LogP contribution < -0.4 is 15.4 Å². The highest BCUT2D eigenvalue weighted by Gasteiger charge is 2.30. The van der Waals surface area contributed by atoms with Gasteiger partial charge in [0.2, 0.25) is 5.91 Å².